The van der Waals surface area contributed by atoms with Gasteiger partial charge in [0.2, 0.25) is 0 Å². The summed E-state index contributed by atoms with van der Waals surface area (Å²) in [6.07, 6.45) is 51.8. The molecule has 7 aliphatic rings. The van der Waals surface area contributed by atoms with Gasteiger partial charge in [-0.15, -0.1) is 0 Å². The zero-order valence-corrected chi connectivity index (χ0v) is 35.1. The van der Waals surface area contributed by atoms with Crippen LogP contribution in [0.3, 0.4) is 0 Å². The molecule has 7 fully saturated rings. The predicted molar refractivity (Wildman–Crippen MR) is 225 cm³/mol. The summed E-state index contributed by atoms with van der Waals surface area (Å²) in [5.74, 6) is 7.18. The molecule has 0 aromatic carbocycles. The number of hydrogen-bond donors (Lipinski definition) is 0. The van der Waals surface area contributed by atoms with Gasteiger partial charge in [0, 0.05) is 36.3 Å². The minimum atomic E-state index is 0.826. The molecule has 2 heteroatoms. The first-order valence-corrected chi connectivity index (χ1v) is 24.3. The van der Waals surface area contributed by atoms with Crippen LogP contribution in [0.5, 0.6) is 0 Å². The Kier molecular flexibility index (Phi) is 14.9. The maximum atomic E-state index is 3.17. The van der Waals surface area contributed by atoms with E-state index in [2.05, 4.69) is 61.8 Å². The Hall–Kier alpha value is -0.600. The Morgan fingerprint density at radius 2 is 0.500 bits per heavy atom. The standard InChI is InChI=1S/C50H86N2/c1-37-8-24-45(25-9-37)51(46-26-10-38(2)11-27-46)49-32-20-41(21-33-49)16-18-43-6-5-7-44(36-43)19-17-42-22-34-50(35-23-42)52(47-28-12-39(3)13-29-47)48-30-14-40(4)15-31-48/h16-19,37-50H,5-15,20-36H2,1-4H3. The average Bonchev–Trinajstić information content (AvgIpc) is 3.17. The van der Waals surface area contributed by atoms with Crippen LogP contribution in [0.25, 0.3) is 0 Å². The molecule has 52 heavy (non-hydrogen) atoms. The van der Waals surface area contributed by atoms with Crippen LogP contribution in [0.1, 0.15) is 207 Å². The zero-order valence-electron chi connectivity index (χ0n) is 35.1. The summed E-state index contributed by atoms with van der Waals surface area (Å²) in [5.41, 5.74) is 0. The summed E-state index contributed by atoms with van der Waals surface area (Å²) in [7, 11) is 0. The Balaban J connectivity index is 0.859. The van der Waals surface area contributed by atoms with Crippen molar-refractivity contribution in [2.75, 3.05) is 0 Å². The Bertz CT molecular complexity index is 934. The topological polar surface area (TPSA) is 6.48 Å². The third-order valence-electron chi connectivity index (χ3n) is 17.0. The summed E-state index contributed by atoms with van der Waals surface area (Å²) in [4.78, 5) is 6.35. The molecule has 0 aliphatic heterocycles. The van der Waals surface area contributed by atoms with Gasteiger partial charge < -0.3 is 0 Å². The third kappa shape index (κ3) is 10.8. The molecule has 2 atom stereocenters. The van der Waals surface area contributed by atoms with Crippen LogP contribution in [0, 0.1) is 47.3 Å². The minimum absolute atomic E-state index is 0.826. The van der Waals surface area contributed by atoms with E-state index in [-0.39, 0.29) is 0 Å². The van der Waals surface area contributed by atoms with E-state index in [9.17, 15) is 0 Å². The van der Waals surface area contributed by atoms with Gasteiger partial charge in [-0.05, 0) is 221 Å². The van der Waals surface area contributed by atoms with Crippen molar-refractivity contribution in [1.29, 1.82) is 0 Å². The molecule has 2 nitrogen and oxygen atoms in total. The fourth-order valence-corrected chi connectivity index (χ4v) is 13.4. The molecule has 0 heterocycles. The van der Waals surface area contributed by atoms with E-state index in [1.54, 1.807) is 0 Å². The summed E-state index contributed by atoms with van der Waals surface area (Å²) in [5, 5.41) is 0. The molecule has 296 valence electrons. The normalized spacial score (nSPS) is 44.5. The van der Waals surface area contributed by atoms with Crippen molar-refractivity contribution in [3.05, 3.63) is 24.3 Å². The molecule has 0 amide bonds. The molecular formula is C50H86N2. The number of rotatable bonds is 10. The van der Waals surface area contributed by atoms with E-state index in [0.29, 0.717) is 0 Å². The van der Waals surface area contributed by atoms with E-state index in [4.69, 9.17) is 0 Å². The molecule has 0 aromatic heterocycles. The van der Waals surface area contributed by atoms with Gasteiger partial charge in [0.1, 0.15) is 0 Å². The van der Waals surface area contributed by atoms with Crippen molar-refractivity contribution in [3.8, 4) is 0 Å². The van der Waals surface area contributed by atoms with E-state index in [1.807, 2.05) is 0 Å². The highest BCUT2D eigenvalue weighted by molar-refractivity contribution is 5.03. The highest BCUT2D eigenvalue weighted by atomic mass is 15.2. The van der Waals surface area contributed by atoms with Crippen LogP contribution in [-0.2, 0) is 0 Å². The minimum Gasteiger partial charge on any atom is -0.294 e. The molecule has 2 unspecified atom stereocenters. The molecule has 0 bridgehead atoms. The zero-order chi connectivity index (χ0) is 35.9. The lowest BCUT2D eigenvalue weighted by Gasteiger charge is -2.49. The van der Waals surface area contributed by atoms with E-state index in [1.165, 1.54) is 180 Å². The lowest BCUT2D eigenvalue weighted by Crippen LogP contribution is -2.52. The van der Waals surface area contributed by atoms with Gasteiger partial charge in [0.15, 0.2) is 0 Å². The van der Waals surface area contributed by atoms with Crippen molar-refractivity contribution in [2.24, 2.45) is 47.3 Å². The summed E-state index contributed by atoms with van der Waals surface area (Å²) >= 11 is 0. The first-order valence-electron chi connectivity index (χ1n) is 24.3. The second-order valence-electron chi connectivity index (χ2n) is 21.1. The molecule has 0 spiro atoms. The lowest BCUT2D eigenvalue weighted by atomic mass is 9.77. The Morgan fingerprint density at radius 3 is 0.769 bits per heavy atom. The molecule has 0 saturated heterocycles. The predicted octanol–water partition coefficient (Wildman–Crippen LogP) is 13.9. The Labute approximate surface area is 324 Å². The molecule has 7 saturated carbocycles. The first kappa shape index (κ1) is 39.6. The molecule has 7 aliphatic carbocycles. The smallest absolute Gasteiger partial charge is 0.0102 e. The van der Waals surface area contributed by atoms with E-state index >= 15 is 0 Å². The highest BCUT2D eigenvalue weighted by Gasteiger charge is 2.39. The van der Waals surface area contributed by atoms with Gasteiger partial charge in [-0.25, -0.2) is 0 Å². The molecular weight excluding hydrogens is 629 g/mol. The second kappa shape index (κ2) is 19.5. The van der Waals surface area contributed by atoms with E-state index < -0.39 is 0 Å². The first-order chi connectivity index (χ1) is 25.4. The number of hydrogen-bond acceptors (Lipinski definition) is 2. The van der Waals surface area contributed by atoms with Crippen LogP contribution in [0.2, 0.25) is 0 Å². The molecule has 0 aromatic rings. The average molecular weight is 715 g/mol. The van der Waals surface area contributed by atoms with E-state index in [0.717, 1.165) is 83.6 Å². The SMILES string of the molecule is CC1CCC(N(C2CCC(C)CC2)C2CCC(C=CC3CCCC(C=CC4CCC(N(C5CCC(C)CC5)C5CCC(C)CC5)CC4)C3)CC2)CC1. The van der Waals surface area contributed by atoms with Crippen LogP contribution in [0.4, 0.5) is 0 Å². The monoisotopic (exact) mass is 715 g/mol. The lowest BCUT2D eigenvalue weighted by molar-refractivity contribution is 0.00813. The van der Waals surface area contributed by atoms with Crippen molar-refractivity contribution in [1.82, 2.24) is 9.80 Å². The molecule has 0 radical (unpaired) electrons. The fourth-order valence-electron chi connectivity index (χ4n) is 13.4. The van der Waals surface area contributed by atoms with Gasteiger partial charge in [-0.2, -0.15) is 0 Å². The van der Waals surface area contributed by atoms with Gasteiger partial charge in [-0.1, -0.05) is 58.4 Å². The maximum absolute atomic E-state index is 3.17. The second-order valence-corrected chi connectivity index (χ2v) is 21.1. The summed E-state index contributed by atoms with van der Waals surface area (Å²) in [6, 6.07) is 5.30. The van der Waals surface area contributed by atoms with Crippen molar-refractivity contribution < 1.29 is 0 Å². The quantitative estimate of drug-likeness (QED) is 0.208. The highest BCUT2D eigenvalue weighted by Crippen LogP contribution is 2.42. The Morgan fingerprint density at radius 1 is 0.269 bits per heavy atom. The summed E-state index contributed by atoms with van der Waals surface area (Å²) in [6.45, 7) is 10.00. The van der Waals surface area contributed by atoms with Gasteiger partial charge in [0.05, 0.1) is 0 Å². The molecule has 7 rings (SSSR count). The van der Waals surface area contributed by atoms with Crippen molar-refractivity contribution in [2.45, 2.75) is 244 Å². The van der Waals surface area contributed by atoms with Crippen LogP contribution < -0.4 is 0 Å². The fraction of sp³-hybridized carbons (Fsp3) is 0.920. The van der Waals surface area contributed by atoms with Crippen molar-refractivity contribution in [3.63, 3.8) is 0 Å². The maximum Gasteiger partial charge on any atom is 0.0102 e. The number of allylic oxidation sites excluding steroid dienone is 4. The number of nitrogens with zero attached hydrogens (tertiary/aromatic N) is 2. The van der Waals surface area contributed by atoms with Crippen LogP contribution in [0.15, 0.2) is 24.3 Å². The molecule has 0 N–H and O–H groups in total. The third-order valence-corrected chi connectivity index (χ3v) is 17.0. The largest absolute Gasteiger partial charge is 0.294 e. The van der Waals surface area contributed by atoms with Gasteiger partial charge in [0.25, 0.3) is 0 Å². The summed E-state index contributed by atoms with van der Waals surface area (Å²) < 4.78 is 0. The van der Waals surface area contributed by atoms with Crippen LogP contribution >= 0.6 is 0 Å². The van der Waals surface area contributed by atoms with Gasteiger partial charge >= 0.3 is 0 Å². The van der Waals surface area contributed by atoms with Crippen LogP contribution in [-0.4, -0.2) is 46.1 Å². The van der Waals surface area contributed by atoms with Gasteiger partial charge in [-0.3, -0.25) is 9.80 Å². The van der Waals surface area contributed by atoms with Crippen molar-refractivity contribution >= 4 is 0 Å².